The molecule has 0 heterocycles. The first-order valence-corrected chi connectivity index (χ1v) is 14.5. The van der Waals surface area contributed by atoms with Gasteiger partial charge in [0.05, 0.1) is 18.6 Å². The lowest BCUT2D eigenvalue weighted by Crippen LogP contribution is -2.38. The number of benzene rings is 3. The fourth-order valence-corrected chi connectivity index (χ4v) is 5.31. The van der Waals surface area contributed by atoms with Crippen LogP contribution in [0.2, 0.25) is 0 Å². The van der Waals surface area contributed by atoms with Crippen LogP contribution in [-0.2, 0) is 29.2 Å². The highest BCUT2D eigenvalue weighted by atomic mass is 32.2. The van der Waals surface area contributed by atoms with Gasteiger partial charge < -0.3 is 19.4 Å². The van der Waals surface area contributed by atoms with Crippen molar-refractivity contribution in [1.29, 1.82) is 0 Å². The summed E-state index contributed by atoms with van der Waals surface area (Å²) in [7, 11) is -3.72. The Balaban J connectivity index is 1.57. The molecule has 9 heteroatoms. The Morgan fingerprint density at radius 3 is 1.95 bits per heavy atom. The molecule has 3 aromatic carbocycles. The van der Waals surface area contributed by atoms with E-state index in [1.165, 1.54) is 12.1 Å². The molecular weight excluding hydrogens is 518 g/mol. The Kier molecular flexibility index (Phi) is 8.13. The van der Waals surface area contributed by atoms with E-state index in [1.807, 2.05) is 36.4 Å². The summed E-state index contributed by atoms with van der Waals surface area (Å²) in [5.41, 5.74) is 10.5. The molecular formula is C30H33NO7S. The molecule has 3 aromatic rings. The van der Waals surface area contributed by atoms with E-state index in [9.17, 15) is 18.0 Å². The van der Waals surface area contributed by atoms with Crippen molar-refractivity contribution in [1.82, 2.24) is 0 Å². The van der Waals surface area contributed by atoms with Gasteiger partial charge in [-0.15, -0.1) is 0 Å². The Hall–Kier alpha value is -3.69. The van der Waals surface area contributed by atoms with E-state index >= 15 is 0 Å². The summed E-state index contributed by atoms with van der Waals surface area (Å²) >= 11 is 0. The van der Waals surface area contributed by atoms with Crippen LogP contribution < -0.4 is 9.92 Å². The number of esters is 2. The summed E-state index contributed by atoms with van der Waals surface area (Å²) in [4.78, 5) is 26.1. The summed E-state index contributed by atoms with van der Waals surface area (Å²) in [5.74, 6) is -2.19. The first kappa shape index (κ1) is 28.3. The van der Waals surface area contributed by atoms with E-state index in [1.54, 1.807) is 32.9 Å². The van der Waals surface area contributed by atoms with Crippen molar-refractivity contribution in [3.05, 3.63) is 89.5 Å². The van der Waals surface area contributed by atoms with Crippen molar-refractivity contribution in [2.75, 3.05) is 12.9 Å². The second kappa shape index (κ2) is 11.2. The molecule has 0 aromatic heterocycles. The lowest BCUT2D eigenvalue weighted by molar-refractivity contribution is -0.155. The molecule has 0 saturated carbocycles. The fourth-order valence-electron chi connectivity index (χ4n) is 4.85. The first-order chi connectivity index (χ1) is 18.3. The van der Waals surface area contributed by atoms with Gasteiger partial charge in [-0.3, -0.25) is 9.59 Å². The van der Waals surface area contributed by atoms with Gasteiger partial charge in [0, 0.05) is 12.0 Å². The normalized spacial score (nSPS) is 14.6. The van der Waals surface area contributed by atoms with Crippen molar-refractivity contribution in [2.45, 2.75) is 50.7 Å². The standard InChI is InChI=1S/C30H33NO7S/c1-30(2,3)37-27(32)17-26(31)28(19-13-15-20(16-14-19)38-39(4,34)35)29(33)36-18-25-23-11-7-5-9-21(23)22-10-6-8-12-24(22)25/h5-16,25-26,28H,17-18,31H2,1-4H3. The average Bonchev–Trinajstić information content (AvgIpc) is 3.15. The molecule has 0 fully saturated rings. The van der Waals surface area contributed by atoms with Crippen molar-refractivity contribution in [3.8, 4) is 16.9 Å². The van der Waals surface area contributed by atoms with Gasteiger partial charge in [0.25, 0.3) is 0 Å². The Labute approximate surface area is 229 Å². The lowest BCUT2D eigenvalue weighted by Gasteiger charge is -2.25. The number of ether oxygens (including phenoxy) is 2. The maximum Gasteiger partial charge on any atom is 0.315 e. The highest BCUT2D eigenvalue weighted by Gasteiger charge is 2.34. The molecule has 0 bridgehead atoms. The van der Waals surface area contributed by atoms with Crippen LogP contribution in [0.5, 0.6) is 5.75 Å². The van der Waals surface area contributed by atoms with Crippen LogP contribution >= 0.6 is 0 Å². The summed E-state index contributed by atoms with van der Waals surface area (Å²) in [6, 6.07) is 21.0. The van der Waals surface area contributed by atoms with E-state index in [2.05, 4.69) is 12.1 Å². The quantitative estimate of drug-likeness (QED) is 0.304. The molecule has 0 radical (unpaired) electrons. The topological polar surface area (TPSA) is 122 Å². The molecule has 2 atom stereocenters. The monoisotopic (exact) mass is 551 g/mol. The summed E-state index contributed by atoms with van der Waals surface area (Å²) in [5, 5.41) is 0. The van der Waals surface area contributed by atoms with Crippen LogP contribution in [0.25, 0.3) is 11.1 Å². The van der Waals surface area contributed by atoms with Crippen LogP contribution in [0.15, 0.2) is 72.8 Å². The van der Waals surface area contributed by atoms with Crippen LogP contribution in [0.3, 0.4) is 0 Å². The van der Waals surface area contributed by atoms with Crippen molar-refractivity contribution in [3.63, 3.8) is 0 Å². The minimum Gasteiger partial charge on any atom is -0.464 e. The molecule has 0 spiro atoms. The Bertz CT molecular complexity index is 1410. The highest BCUT2D eigenvalue weighted by molar-refractivity contribution is 7.86. The molecule has 0 aliphatic heterocycles. The highest BCUT2D eigenvalue weighted by Crippen LogP contribution is 2.44. The second-order valence-electron chi connectivity index (χ2n) is 10.6. The summed E-state index contributed by atoms with van der Waals surface area (Å²) < 4.78 is 39.2. The van der Waals surface area contributed by atoms with Gasteiger partial charge >= 0.3 is 22.1 Å². The van der Waals surface area contributed by atoms with Gasteiger partial charge in [-0.25, -0.2) is 0 Å². The number of nitrogens with two attached hydrogens (primary N) is 1. The third-order valence-electron chi connectivity index (χ3n) is 6.35. The molecule has 1 aliphatic rings. The Morgan fingerprint density at radius 1 is 0.897 bits per heavy atom. The smallest absolute Gasteiger partial charge is 0.315 e. The molecule has 2 N–H and O–H groups in total. The minimum atomic E-state index is -3.72. The molecule has 1 aliphatic carbocycles. The average molecular weight is 552 g/mol. The minimum absolute atomic E-state index is 0.0910. The molecule has 2 unspecified atom stereocenters. The van der Waals surface area contributed by atoms with Crippen LogP contribution in [-0.4, -0.2) is 44.9 Å². The van der Waals surface area contributed by atoms with Crippen LogP contribution in [0.1, 0.15) is 55.7 Å². The molecule has 0 saturated heterocycles. The maximum atomic E-state index is 13.6. The third kappa shape index (κ3) is 7.04. The summed E-state index contributed by atoms with van der Waals surface area (Å²) in [6.45, 7) is 5.34. The largest absolute Gasteiger partial charge is 0.464 e. The molecule has 206 valence electrons. The van der Waals surface area contributed by atoms with Gasteiger partial charge in [0.2, 0.25) is 0 Å². The summed E-state index contributed by atoms with van der Waals surface area (Å²) in [6.07, 6.45) is 0.727. The fraction of sp³-hybridized carbons (Fsp3) is 0.333. The van der Waals surface area contributed by atoms with Gasteiger partial charge in [0.1, 0.15) is 18.0 Å². The van der Waals surface area contributed by atoms with E-state index in [0.717, 1.165) is 28.5 Å². The van der Waals surface area contributed by atoms with Gasteiger partial charge in [-0.1, -0.05) is 60.7 Å². The lowest BCUT2D eigenvalue weighted by atomic mass is 9.89. The predicted octanol–water partition coefficient (Wildman–Crippen LogP) is 4.52. The number of rotatable bonds is 9. The second-order valence-corrected chi connectivity index (χ2v) is 12.2. The molecule has 39 heavy (non-hydrogen) atoms. The maximum absolute atomic E-state index is 13.6. The van der Waals surface area contributed by atoms with Crippen molar-refractivity contribution >= 4 is 22.1 Å². The SMILES string of the molecule is CC(C)(C)OC(=O)CC(N)C(C(=O)OCC1c2ccccc2-c2ccccc21)c1ccc(OS(C)(=O)=O)cc1. The molecule has 0 amide bonds. The number of carbonyl (C=O) groups excluding carboxylic acids is 2. The van der Waals surface area contributed by atoms with Crippen molar-refractivity contribution in [2.24, 2.45) is 5.73 Å². The van der Waals surface area contributed by atoms with E-state index < -0.39 is 39.6 Å². The number of hydrogen-bond donors (Lipinski definition) is 1. The first-order valence-electron chi connectivity index (χ1n) is 12.6. The van der Waals surface area contributed by atoms with Gasteiger partial charge in [-0.05, 0) is 60.7 Å². The molecule has 4 rings (SSSR count). The number of hydrogen-bond acceptors (Lipinski definition) is 8. The van der Waals surface area contributed by atoms with E-state index in [-0.39, 0.29) is 24.7 Å². The predicted molar refractivity (Wildman–Crippen MR) is 148 cm³/mol. The van der Waals surface area contributed by atoms with Gasteiger partial charge in [0.15, 0.2) is 0 Å². The zero-order valence-electron chi connectivity index (χ0n) is 22.4. The zero-order valence-corrected chi connectivity index (χ0v) is 23.2. The number of fused-ring (bicyclic) bond motifs is 3. The van der Waals surface area contributed by atoms with Crippen molar-refractivity contribution < 1.29 is 31.7 Å². The van der Waals surface area contributed by atoms with Gasteiger partial charge in [-0.2, -0.15) is 8.42 Å². The number of carbonyl (C=O) groups is 2. The Morgan fingerprint density at radius 2 is 1.44 bits per heavy atom. The van der Waals surface area contributed by atoms with E-state index in [0.29, 0.717) is 5.56 Å². The molecule has 8 nitrogen and oxygen atoms in total. The van der Waals surface area contributed by atoms with Crippen LogP contribution in [0.4, 0.5) is 0 Å². The zero-order chi connectivity index (χ0) is 28.4. The third-order valence-corrected chi connectivity index (χ3v) is 6.84. The van der Waals surface area contributed by atoms with Crippen LogP contribution in [0, 0.1) is 0 Å². The van der Waals surface area contributed by atoms with E-state index in [4.69, 9.17) is 19.4 Å².